The molecule has 2 atom stereocenters. The van der Waals surface area contributed by atoms with Gasteiger partial charge in [0.2, 0.25) is 11.8 Å². The van der Waals surface area contributed by atoms with Crippen molar-refractivity contribution in [2.75, 3.05) is 13.2 Å². The van der Waals surface area contributed by atoms with Crippen molar-refractivity contribution in [1.29, 1.82) is 0 Å². The Hall–Kier alpha value is -4.61. The van der Waals surface area contributed by atoms with E-state index in [4.69, 9.17) is 14.6 Å². The summed E-state index contributed by atoms with van der Waals surface area (Å²) in [6.45, 7) is 6.76. The normalized spacial score (nSPS) is 12.4. The third-order valence-electron chi connectivity index (χ3n) is 6.07. The highest BCUT2D eigenvalue weighted by Crippen LogP contribution is 2.21. The van der Waals surface area contributed by atoms with Crippen molar-refractivity contribution in [3.05, 3.63) is 65.2 Å². The number of benzene rings is 2. The fraction of sp³-hybridized carbons (Fsp3) is 0.452. The highest BCUT2D eigenvalue weighted by atomic mass is 16.6. The third kappa shape index (κ3) is 12.8. The largest absolute Gasteiger partial charge is 0.481 e. The van der Waals surface area contributed by atoms with Crippen molar-refractivity contribution in [3.8, 4) is 5.75 Å². The summed E-state index contributed by atoms with van der Waals surface area (Å²) in [6, 6.07) is 10.9. The molecule has 5 N–H and O–H groups in total. The molecule has 0 aliphatic rings. The first kappa shape index (κ1) is 34.6. The van der Waals surface area contributed by atoms with Gasteiger partial charge in [0.1, 0.15) is 29.0 Å². The van der Waals surface area contributed by atoms with Gasteiger partial charge in [-0.15, -0.1) is 0 Å². The van der Waals surface area contributed by atoms with Gasteiger partial charge in [-0.25, -0.2) is 14.4 Å². The van der Waals surface area contributed by atoms with E-state index in [0.717, 1.165) is 24.8 Å². The minimum atomic E-state index is -1.35. The quantitative estimate of drug-likeness (QED) is 0.181. The number of carbonyl (C=O) groups excluding carboxylic acids is 3. The molecule has 0 aliphatic heterocycles. The predicted octanol–water partition coefficient (Wildman–Crippen LogP) is 3.32. The van der Waals surface area contributed by atoms with Gasteiger partial charge >= 0.3 is 18.0 Å². The van der Waals surface area contributed by atoms with Crippen LogP contribution < -0.4 is 20.7 Å². The molecule has 3 amide bonds. The highest BCUT2D eigenvalue weighted by molar-refractivity contribution is 5.93. The van der Waals surface area contributed by atoms with Crippen LogP contribution in [0.4, 0.5) is 4.79 Å². The molecule has 43 heavy (non-hydrogen) atoms. The van der Waals surface area contributed by atoms with Crippen molar-refractivity contribution in [3.63, 3.8) is 0 Å². The number of hydrogen-bond acceptors (Lipinski definition) is 7. The molecule has 2 aromatic carbocycles. The maximum Gasteiger partial charge on any atom is 0.408 e. The van der Waals surface area contributed by atoms with Gasteiger partial charge in [-0.3, -0.25) is 9.59 Å². The summed E-state index contributed by atoms with van der Waals surface area (Å²) in [5.74, 6) is -3.89. The second-order valence-corrected chi connectivity index (χ2v) is 11.0. The lowest BCUT2D eigenvalue weighted by atomic mass is 10.0. The van der Waals surface area contributed by atoms with E-state index in [-0.39, 0.29) is 24.2 Å². The van der Waals surface area contributed by atoms with E-state index in [1.54, 1.807) is 45.0 Å². The Morgan fingerprint density at radius 1 is 0.837 bits per heavy atom. The zero-order valence-corrected chi connectivity index (χ0v) is 25.0. The molecule has 2 rings (SSSR count). The first-order valence-corrected chi connectivity index (χ1v) is 14.1. The van der Waals surface area contributed by atoms with Gasteiger partial charge < -0.3 is 35.6 Å². The number of rotatable bonds is 16. The maximum absolute atomic E-state index is 13.6. The molecule has 0 saturated heterocycles. The van der Waals surface area contributed by atoms with E-state index in [1.165, 1.54) is 18.2 Å². The number of aliphatic carboxylic acids is 1. The summed E-state index contributed by atoms with van der Waals surface area (Å²) in [6.07, 6.45) is 1.81. The predicted molar refractivity (Wildman–Crippen MR) is 158 cm³/mol. The van der Waals surface area contributed by atoms with Crippen molar-refractivity contribution in [2.24, 2.45) is 0 Å². The molecule has 12 heteroatoms. The van der Waals surface area contributed by atoms with Gasteiger partial charge in [-0.05, 0) is 50.5 Å². The number of nitrogens with one attached hydrogen (secondary N) is 3. The Morgan fingerprint density at radius 2 is 1.49 bits per heavy atom. The zero-order chi connectivity index (χ0) is 32.0. The van der Waals surface area contributed by atoms with E-state index < -0.39 is 54.1 Å². The number of carbonyl (C=O) groups is 5. The van der Waals surface area contributed by atoms with Crippen LogP contribution in [0.2, 0.25) is 0 Å². The number of alkyl carbamates (subject to hydrolysis) is 1. The van der Waals surface area contributed by atoms with Gasteiger partial charge in [0.05, 0.1) is 0 Å². The molecular formula is C31H41N3O9. The number of carboxylic acids is 2. The zero-order valence-electron chi connectivity index (χ0n) is 25.0. The summed E-state index contributed by atoms with van der Waals surface area (Å²) < 4.78 is 10.4. The van der Waals surface area contributed by atoms with Gasteiger partial charge in [0, 0.05) is 19.4 Å². The van der Waals surface area contributed by atoms with Crippen LogP contribution in [0.1, 0.15) is 68.4 Å². The van der Waals surface area contributed by atoms with Gasteiger partial charge in [0.25, 0.3) is 0 Å². The number of carboxylic acid groups (broad SMARTS) is 2. The first-order chi connectivity index (χ1) is 20.3. The van der Waals surface area contributed by atoms with Crippen molar-refractivity contribution in [2.45, 2.75) is 77.5 Å². The van der Waals surface area contributed by atoms with Gasteiger partial charge in [-0.2, -0.15) is 0 Å². The lowest BCUT2D eigenvalue weighted by molar-refractivity contribution is -0.139. The molecule has 0 heterocycles. The Morgan fingerprint density at radius 3 is 2.09 bits per heavy atom. The molecule has 0 fully saturated rings. The van der Waals surface area contributed by atoms with E-state index in [2.05, 4.69) is 16.0 Å². The second-order valence-electron chi connectivity index (χ2n) is 11.0. The second kappa shape index (κ2) is 16.7. The molecule has 0 radical (unpaired) electrons. The number of amides is 3. The molecule has 0 aliphatic carbocycles. The average molecular weight is 600 g/mol. The van der Waals surface area contributed by atoms with Gasteiger partial charge in [-0.1, -0.05) is 56.2 Å². The van der Waals surface area contributed by atoms with E-state index in [0.29, 0.717) is 12.1 Å². The Bertz CT molecular complexity index is 1260. The van der Waals surface area contributed by atoms with Crippen LogP contribution >= 0.6 is 0 Å². The summed E-state index contributed by atoms with van der Waals surface area (Å²) in [4.78, 5) is 62.2. The van der Waals surface area contributed by atoms with E-state index in [9.17, 15) is 29.1 Å². The number of aromatic carboxylic acids is 1. The molecule has 0 aromatic heterocycles. The van der Waals surface area contributed by atoms with Crippen LogP contribution in [0, 0.1) is 0 Å². The third-order valence-corrected chi connectivity index (χ3v) is 6.07. The van der Waals surface area contributed by atoms with Crippen LogP contribution in [-0.2, 0) is 32.0 Å². The number of ether oxygens (including phenoxy) is 2. The SMILES string of the molecule is CCCCCNC(=O)[C@H](Cc1ccc(OCC(=O)O)c(C(=O)O)c1)NC(=O)[C@H](Cc1ccccc1)NC(=O)OC(C)(C)C. The lowest BCUT2D eigenvalue weighted by Crippen LogP contribution is -2.55. The summed E-state index contributed by atoms with van der Waals surface area (Å²) in [7, 11) is 0. The van der Waals surface area contributed by atoms with Crippen LogP contribution in [0.25, 0.3) is 0 Å². The molecule has 12 nitrogen and oxygen atoms in total. The fourth-order valence-corrected chi connectivity index (χ4v) is 4.07. The van der Waals surface area contributed by atoms with E-state index in [1.807, 2.05) is 13.0 Å². The van der Waals surface area contributed by atoms with Crippen molar-refractivity contribution in [1.82, 2.24) is 16.0 Å². The molecule has 2 aromatic rings. The topological polar surface area (TPSA) is 180 Å². The molecule has 234 valence electrons. The Balaban J connectivity index is 2.34. The smallest absolute Gasteiger partial charge is 0.408 e. The lowest BCUT2D eigenvalue weighted by Gasteiger charge is -2.25. The standard InChI is InChI=1S/C31H41N3O9/c1-5-6-10-15-32-27(37)23(18-21-13-14-25(42-19-26(35)36)22(16-21)29(39)40)33-28(38)24(17-20-11-8-7-9-12-20)34-30(41)43-31(2,3)4/h7-9,11-14,16,23-24H,5-6,10,15,17-19H2,1-4H3,(H,32,37)(H,33,38)(H,34,41)(H,35,36)(H,39,40)/t23-,24-/m0/s1. The summed E-state index contributed by atoms with van der Waals surface area (Å²) in [5, 5.41) is 26.7. The Kier molecular flexibility index (Phi) is 13.5. The van der Waals surface area contributed by atoms with Crippen LogP contribution in [0.15, 0.2) is 48.5 Å². The van der Waals surface area contributed by atoms with Crippen LogP contribution in [0.3, 0.4) is 0 Å². The minimum absolute atomic E-state index is 0.0880. The monoisotopic (exact) mass is 599 g/mol. The number of hydrogen-bond donors (Lipinski definition) is 5. The van der Waals surface area contributed by atoms with Crippen LogP contribution in [-0.4, -0.2) is 70.9 Å². The van der Waals surface area contributed by atoms with Crippen molar-refractivity contribution < 1.29 is 43.7 Å². The average Bonchev–Trinajstić information content (AvgIpc) is 2.93. The van der Waals surface area contributed by atoms with Gasteiger partial charge in [0.15, 0.2) is 6.61 Å². The van der Waals surface area contributed by atoms with Crippen molar-refractivity contribution >= 4 is 29.8 Å². The molecule has 0 bridgehead atoms. The summed E-state index contributed by atoms with van der Waals surface area (Å²) >= 11 is 0. The maximum atomic E-state index is 13.6. The fourth-order valence-electron chi connectivity index (χ4n) is 4.07. The Labute approximate surface area is 251 Å². The highest BCUT2D eigenvalue weighted by Gasteiger charge is 2.29. The minimum Gasteiger partial charge on any atom is -0.481 e. The first-order valence-electron chi connectivity index (χ1n) is 14.1. The molecule has 0 spiro atoms. The molecule has 0 unspecified atom stereocenters. The van der Waals surface area contributed by atoms with Crippen LogP contribution in [0.5, 0.6) is 5.75 Å². The molecular weight excluding hydrogens is 558 g/mol. The van der Waals surface area contributed by atoms with E-state index >= 15 is 0 Å². The molecule has 0 saturated carbocycles. The number of unbranched alkanes of at least 4 members (excludes halogenated alkanes) is 2. The summed E-state index contributed by atoms with van der Waals surface area (Å²) in [5.41, 5.74) is 0.0536.